The molecule has 3 heterocycles. The number of hydrogen-bond acceptors (Lipinski definition) is 4. The van der Waals surface area contributed by atoms with Crippen LogP contribution < -0.4 is 5.46 Å². The van der Waals surface area contributed by atoms with Gasteiger partial charge in [-0.05, 0) is 74.3 Å². The minimum atomic E-state index is -0.336. The Labute approximate surface area is 200 Å². The molecule has 33 heavy (non-hydrogen) atoms. The van der Waals surface area contributed by atoms with Crippen molar-refractivity contribution in [3.05, 3.63) is 66.7 Å². The first kappa shape index (κ1) is 20.0. The smallest absolute Gasteiger partial charge is 0.399 e. The molecule has 0 aliphatic carbocycles. The number of rotatable bonds is 1. The molecule has 2 nitrogen and oxygen atoms in total. The molecule has 7 rings (SSSR count). The van der Waals surface area contributed by atoms with Crippen molar-refractivity contribution in [2.45, 2.75) is 38.9 Å². The van der Waals surface area contributed by atoms with E-state index in [1.807, 2.05) is 22.7 Å². The first-order valence-corrected chi connectivity index (χ1v) is 13.0. The van der Waals surface area contributed by atoms with Crippen LogP contribution in [0.25, 0.3) is 51.1 Å². The SMILES string of the molecule is CC1(C)OB(c2ccc3c(c2)sc2ccc4sc5cc6ccccc6cc5c4c23)OC1(C)C. The lowest BCUT2D eigenvalue weighted by Crippen LogP contribution is -2.41. The molecule has 162 valence electrons. The first-order chi connectivity index (χ1) is 15.8. The Bertz CT molecular complexity index is 1730. The zero-order valence-corrected chi connectivity index (χ0v) is 20.7. The molecule has 5 heteroatoms. The summed E-state index contributed by atoms with van der Waals surface area (Å²) in [4.78, 5) is 0. The zero-order valence-electron chi connectivity index (χ0n) is 19.1. The fraction of sp³-hybridized carbons (Fsp3) is 0.214. The van der Waals surface area contributed by atoms with E-state index in [4.69, 9.17) is 9.31 Å². The van der Waals surface area contributed by atoms with Crippen molar-refractivity contribution in [3.63, 3.8) is 0 Å². The highest BCUT2D eigenvalue weighted by atomic mass is 32.1. The van der Waals surface area contributed by atoms with Gasteiger partial charge in [-0.1, -0.05) is 36.4 Å². The highest BCUT2D eigenvalue weighted by Crippen LogP contribution is 2.45. The van der Waals surface area contributed by atoms with Gasteiger partial charge >= 0.3 is 7.12 Å². The van der Waals surface area contributed by atoms with Gasteiger partial charge in [-0.3, -0.25) is 0 Å². The Morgan fingerprint density at radius 3 is 1.85 bits per heavy atom. The van der Waals surface area contributed by atoms with Crippen molar-refractivity contribution in [2.24, 2.45) is 0 Å². The summed E-state index contributed by atoms with van der Waals surface area (Å²) in [6, 6.07) is 24.6. The molecule has 0 bridgehead atoms. The average Bonchev–Trinajstić information content (AvgIpc) is 3.39. The molecular weight excluding hydrogens is 443 g/mol. The van der Waals surface area contributed by atoms with Crippen LogP contribution in [0.3, 0.4) is 0 Å². The van der Waals surface area contributed by atoms with E-state index in [9.17, 15) is 0 Å². The Kier molecular flexibility index (Phi) is 3.98. The van der Waals surface area contributed by atoms with E-state index in [0.29, 0.717) is 0 Å². The van der Waals surface area contributed by atoms with E-state index >= 15 is 0 Å². The van der Waals surface area contributed by atoms with Crippen LogP contribution in [0.5, 0.6) is 0 Å². The van der Waals surface area contributed by atoms with Gasteiger partial charge in [-0.15, -0.1) is 22.7 Å². The third kappa shape index (κ3) is 2.80. The van der Waals surface area contributed by atoms with Crippen LogP contribution in [0.4, 0.5) is 0 Å². The summed E-state index contributed by atoms with van der Waals surface area (Å²) in [5.74, 6) is 0. The molecule has 1 aliphatic heterocycles. The average molecular weight is 466 g/mol. The van der Waals surface area contributed by atoms with Gasteiger partial charge in [0.05, 0.1) is 11.2 Å². The number of benzene rings is 4. The van der Waals surface area contributed by atoms with Gasteiger partial charge in [0.2, 0.25) is 0 Å². The van der Waals surface area contributed by atoms with Crippen LogP contribution in [0.15, 0.2) is 66.7 Å². The van der Waals surface area contributed by atoms with Crippen LogP contribution in [-0.2, 0) is 9.31 Å². The van der Waals surface area contributed by atoms with Crippen LogP contribution >= 0.6 is 22.7 Å². The van der Waals surface area contributed by atoms with Gasteiger partial charge in [0.15, 0.2) is 0 Å². The minimum absolute atomic E-state index is 0.335. The first-order valence-electron chi connectivity index (χ1n) is 11.4. The molecule has 0 unspecified atom stereocenters. The molecule has 0 amide bonds. The summed E-state index contributed by atoms with van der Waals surface area (Å²) in [7, 11) is -0.335. The lowest BCUT2D eigenvalue weighted by molar-refractivity contribution is 0.00578. The van der Waals surface area contributed by atoms with Crippen molar-refractivity contribution >= 4 is 86.4 Å². The molecule has 0 spiro atoms. The van der Waals surface area contributed by atoms with Crippen LogP contribution in [0.2, 0.25) is 0 Å². The largest absolute Gasteiger partial charge is 0.494 e. The second-order valence-electron chi connectivity index (χ2n) is 10.1. The summed E-state index contributed by atoms with van der Waals surface area (Å²) in [6.07, 6.45) is 0. The molecule has 1 saturated heterocycles. The Morgan fingerprint density at radius 1 is 0.606 bits per heavy atom. The molecule has 2 aromatic heterocycles. The molecule has 0 radical (unpaired) electrons. The third-order valence-electron chi connectivity index (χ3n) is 7.49. The lowest BCUT2D eigenvalue weighted by Gasteiger charge is -2.32. The fourth-order valence-electron chi connectivity index (χ4n) is 4.96. The normalized spacial score (nSPS) is 17.9. The molecular formula is C28H23BO2S2. The van der Waals surface area contributed by atoms with E-state index < -0.39 is 0 Å². The monoisotopic (exact) mass is 466 g/mol. The quantitative estimate of drug-likeness (QED) is 0.230. The minimum Gasteiger partial charge on any atom is -0.399 e. The van der Waals surface area contributed by atoms with Crippen molar-refractivity contribution in [1.29, 1.82) is 0 Å². The third-order valence-corrected chi connectivity index (χ3v) is 9.72. The molecule has 0 N–H and O–H groups in total. The summed E-state index contributed by atoms with van der Waals surface area (Å²) in [6.45, 7) is 8.42. The van der Waals surface area contributed by atoms with E-state index in [1.165, 1.54) is 51.1 Å². The van der Waals surface area contributed by atoms with Gasteiger partial charge in [0.25, 0.3) is 0 Å². The Balaban J connectivity index is 1.47. The van der Waals surface area contributed by atoms with E-state index in [2.05, 4.69) is 94.4 Å². The highest BCUT2D eigenvalue weighted by Gasteiger charge is 2.51. The Hall–Kier alpha value is -2.44. The molecule has 1 fully saturated rings. The van der Waals surface area contributed by atoms with E-state index in [-0.39, 0.29) is 18.3 Å². The van der Waals surface area contributed by atoms with Gasteiger partial charge in [0, 0.05) is 40.3 Å². The predicted octanol–water partition coefficient (Wildman–Crippen LogP) is 7.87. The summed E-state index contributed by atoms with van der Waals surface area (Å²) in [5.41, 5.74) is 0.416. The van der Waals surface area contributed by atoms with Gasteiger partial charge in [-0.25, -0.2) is 0 Å². The van der Waals surface area contributed by atoms with E-state index in [0.717, 1.165) is 5.46 Å². The molecule has 0 saturated carbocycles. The second-order valence-corrected chi connectivity index (χ2v) is 12.2. The van der Waals surface area contributed by atoms with Gasteiger partial charge in [0.1, 0.15) is 0 Å². The van der Waals surface area contributed by atoms with Crippen LogP contribution in [0.1, 0.15) is 27.7 Å². The van der Waals surface area contributed by atoms with Crippen molar-refractivity contribution in [3.8, 4) is 0 Å². The molecule has 0 atom stereocenters. The van der Waals surface area contributed by atoms with Crippen molar-refractivity contribution in [2.75, 3.05) is 0 Å². The van der Waals surface area contributed by atoms with Crippen molar-refractivity contribution in [1.82, 2.24) is 0 Å². The maximum Gasteiger partial charge on any atom is 0.494 e. The number of hydrogen-bond donors (Lipinski definition) is 0. The summed E-state index contributed by atoms with van der Waals surface area (Å²) < 4.78 is 17.9. The van der Waals surface area contributed by atoms with Gasteiger partial charge in [-0.2, -0.15) is 0 Å². The summed E-state index contributed by atoms with van der Waals surface area (Å²) >= 11 is 3.75. The lowest BCUT2D eigenvalue weighted by atomic mass is 9.79. The second kappa shape index (κ2) is 6.58. The summed E-state index contributed by atoms with van der Waals surface area (Å²) in [5, 5.41) is 8.02. The van der Waals surface area contributed by atoms with Crippen LogP contribution in [-0.4, -0.2) is 18.3 Å². The topological polar surface area (TPSA) is 18.5 Å². The molecule has 4 aromatic carbocycles. The zero-order chi connectivity index (χ0) is 22.5. The highest BCUT2D eigenvalue weighted by molar-refractivity contribution is 7.28. The van der Waals surface area contributed by atoms with Gasteiger partial charge < -0.3 is 9.31 Å². The van der Waals surface area contributed by atoms with Crippen LogP contribution in [0, 0.1) is 0 Å². The fourth-order valence-corrected chi connectivity index (χ4v) is 7.27. The Morgan fingerprint density at radius 2 is 1.18 bits per heavy atom. The predicted molar refractivity (Wildman–Crippen MR) is 145 cm³/mol. The number of thiophene rings is 2. The van der Waals surface area contributed by atoms with E-state index in [1.54, 1.807) is 0 Å². The number of fused-ring (bicyclic) bond motifs is 8. The maximum atomic E-state index is 6.31. The van der Waals surface area contributed by atoms with Crippen molar-refractivity contribution < 1.29 is 9.31 Å². The molecule has 6 aromatic rings. The molecule has 1 aliphatic rings. The standard InChI is InChI=1S/C28H23BO2S2/c1-27(2)28(3,4)31-29(30-27)18-9-10-19-24(15-18)33-21-11-12-22-26(25(19)21)20-13-16-7-5-6-8-17(16)14-23(20)32-22/h5-15H,1-4H3. The maximum absolute atomic E-state index is 6.31.